The van der Waals surface area contributed by atoms with Crippen LogP contribution in [0.4, 0.5) is 11.4 Å². The summed E-state index contributed by atoms with van der Waals surface area (Å²) in [6.07, 6.45) is 0. The molecule has 0 radical (unpaired) electrons. The molecule has 0 saturated carbocycles. The van der Waals surface area contributed by atoms with Crippen LogP contribution in [0.1, 0.15) is 112 Å². The Kier molecular flexibility index (Phi) is 8.89. The molecule has 0 unspecified atom stereocenters. The Bertz CT molecular complexity index is 1950. The molecule has 0 aliphatic heterocycles. The number of hydrogen-bond donors (Lipinski definition) is 2. The third kappa shape index (κ3) is 6.19. The van der Waals surface area contributed by atoms with Crippen molar-refractivity contribution < 1.29 is 25.9 Å². The first-order chi connectivity index (χ1) is 21.4. The van der Waals surface area contributed by atoms with Gasteiger partial charge in [0.15, 0.2) is 0 Å². The van der Waals surface area contributed by atoms with Gasteiger partial charge in [-0.2, -0.15) is 16.8 Å². The Labute approximate surface area is 271 Å². The van der Waals surface area contributed by atoms with Crippen LogP contribution in [0.5, 0.6) is 0 Å². The topological polar surface area (TPSA) is 133 Å². The summed E-state index contributed by atoms with van der Waals surface area (Å²) in [5.41, 5.74) is 6.93. The van der Waals surface area contributed by atoms with Gasteiger partial charge in [0.1, 0.15) is 0 Å². The van der Waals surface area contributed by atoms with Crippen LogP contribution in [0.3, 0.4) is 0 Å². The van der Waals surface area contributed by atoms with Gasteiger partial charge in [-0.05, 0) is 75.6 Å². The molecule has 4 aromatic rings. The molecule has 10 heteroatoms. The van der Waals surface area contributed by atoms with Crippen LogP contribution < -0.4 is 0 Å². The maximum Gasteiger partial charge on any atom is 0.294 e. The van der Waals surface area contributed by atoms with Gasteiger partial charge in [-0.15, -0.1) is 0 Å². The number of rotatable bonds is 8. The number of nitrogens with zero attached hydrogens (tertiary/aromatic N) is 2. The highest BCUT2D eigenvalue weighted by Gasteiger charge is 2.30. The third-order valence-corrected chi connectivity index (χ3v) is 10.1. The summed E-state index contributed by atoms with van der Waals surface area (Å²) in [6.45, 7) is 15.6. The first-order valence-corrected chi connectivity index (χ1v) is 18.3. The van der Waals surface area contributed by atoms with E-state index in [-0.39, 0.29) is 33.5 Å². The zero-order valence-electron chi connectivity index (χ0n) is 27.3. The molecule has 46 heavy (non-hydrogen) atoms. The lowest BCUT2D eigenvalue weighted by atomic mass is 9.92. The fourth-order valence-corrected chi connectivity index (χ4v) is 7.16. The predicted octanol–water partition coefficient (Wildman–Crippen LogP) is 9.08. The summed E-state index contributed by atoms with van der Waals surface area (Å²) in [6, 6.07) is 18.0. The molecular weight excluding hydrogens is 621 g/mol. The van der Waals surface area contributed by atoms with Crippen LogP contribution in [0.25, 0.3) is 10.8 Å². The molecule has 0 amide bonds. The summed E-state index contributed by atoms with van der Waals surface area (Å²) >= 11 is 0. The maximum absolute atomic E-state index is 12.3. The van der Waals surface area contributed by atoms with E-state index in [0.29, 0.717) is 45.1 Å². The molecule has 5 rings (SSSR count). The van der Waals surface area contributed by atoms with E-state index in [0.717, 1.165) is 21.9 Å². The number of hydrogen-bond acceptors (Lipinski definition) is 6. The SMILES string of the molecule is CC(C)c1cc(S(=O)(=O)O)cc(C(C)C)c1N=C1C(=Nc2c(C(C)C)cc(S(=O)(=O)O)cc2C(C)C)c2cccc3cccc1c23. The van der Waals surface area contributed by atoms with E-state index < -0.39 is 20.2 Å². The van der Waals surface area contributed by atoms with Crippen molar-refractivity contribution in [3.8, 4) is 0 Å². The molecule has 1 aliphatic rings. The van der Waals surface area contributed by atoms with Crippen molar-refractivity contribution >= 4 is 53.8 Å². The normalized spacial score (nSPS) is 15.5. The molecule has 8 nitrogen and oxygen atoms in total. The summed E-state index contributed by atoms with van der Waals surface area (Å²) in [4.78, 5) is 10.3. The van der Waals surface area contributed by atoms with E-state index >= 15 is 0 Å². The minimum absolute atomic E-state index is 0.119. The molecule has 1 aliphatic carbocycles. The Morgan fingerprint density at radius 2 is 0.826 bits per heavy atom. The van der Waals surface area contributed by atoms with E-state index in [2.05, 4.69) is 0 Å². The van der Waals surface area contributed by atoms with Crippen molar-refractivity contribution in [2.45, 2.75) is 88.9 Å². The van der Waals surface area contributed by atoms with E-state index in [1.807, 2.05) is 91.8 Å². The molecule has 0 aromatic heterocycles. The number of benzene rings is 4. The zero-order chi connectivity index (χ0) is 33.9. The van der Waals surface area contributed by atoms with Gasteiger partial charge in [-0.1, -0.05) is 91.8 Å². The zero-order valence-corrected chi connectivity index (χ0v) is 29.0. The van der Waals surface area contributed by atoms with Crippen LogP contribution in [-0.2, 0) is 20.2 Å². The Hall–Kier alpha value is -3.70. The summed E-state index contributed by atoms with van der Waals surface area (Å²) in [5, 5.41) is 2.00. The van der Waals surface area contributed by atoms with Crippen molar-refractivity contribution in [2.24, 2.45) is 9.98 Å². The third-order valence-electron chi connectivity index (χ3n) is 8.46. The fourth-order valence-electron chi connectivity index (χ4n) is 6.06. The van der Waals surface area contributed by atoms with Crippen LogP contribution in [0, 0.1) is 0 Å². The van der Waals surface area contributed by atoms with Gasteiger partial charge in [0.2, 0.25) is 0 Å². The Balaban J connectivity index is 1.93. The second kappa shape index (κ2) is 12.2. The van der Waals surface area contributed by atoms with E-state index in [4.69, 9.17) is 9.98 Å². The molecule has 0 heterocycles. The lowest BCUT2D eigenvalue weighted by Crippen LogP contribution is -2.13. The summed E-state index contributed by atoms with van der Waals surface area (Å²) in [5.74, 6) is -0.476. The average Bonchev–Trinajstić information content (AvgIpc) is 3.25. The minimum Gasteiger partial charge on any atom is -0.282 e. The van der Waals surface area contributed by atoms with Gasteiger partial charge < -0.3 is 0 Å². The molecule has 0 bridgehead atoms. The molecule has 4 aromatic carbocycles. The van der Waals surface area contributed by atoms with E-state index in [1.165, 1.54) is 24.3 Å². The minimum atomic E-state index is -4.46. The second-order valence-electron chi connectivity index (χ2n) is 13.1. The molecule has 2 N–H and O–H groups in total. The molecule has 0 atom stereocenters. The summed E-state index contributed by atoms with van der Waals surface area (Å²) in [7, 11) is -8.92. The molecule has 0 spiro atoms. The van der Waals surface area contributed by atoms with Gasteiger partial charge in [0.05, 0.1) is 32.6 Å². The molecule has 242 valence electrons. The van der Waals surface area contributed by atoms with Crippen molar-refractivity contribution in [3.05, 3.63) is 94.0 Å². The first-order valence-electron chi connectivity index (χ1n) is 15.4. The van der Waals surface area contributed by atoms with Crippen molar-refractivity contribution in [2.75, 3.05) is 0 Å². The monoisotopic (exact) mass is 660 g/mol. The van der Waals surface area contributed by atoms with Crippen LogP contribution in [0.15, 0.2) is 80.4 Å². The highest BCUT2D eigenvalue weighted by molar-refractivity contribution is 7.86. The largest absolute Gasteiger partial charge is 0.294 e. The van der Waals surface area contributed by atoms with Crippen molar-refractivity contribution in [1.29, 1.82) is 0 Å². The Morgan fingerprint density at radius 3 is 1.09 bits per heavy atom. The van der Waals surface area contributed by atoms with Crippen molar-refractivity contribution in [1.82, 2.24) is 0 Å². The highest BCUT2D eigenvalue weighted by Crippen LogP contribution is 2.43. The van der Waals surface area contributed by atoms with E-state index in [1.54, 1.807) is 0 Å². The molecule has 0 saturated heterocycles. The van der Waals surface area contributed by atoms with Gasteiger partial charge in [0, 0.05) is 16.5 Å². The summed E-state index contributed by atoms with van der Waals surface area (Å²) < 4.78 is 69.1. The molecule has 0 fully saturated rings. The fraction of sp³-hybridized carbons (Fsp3) is 0.333. The van der Waals surface area contributed by atoms with Crippen LogP contribution in [-0.4, -0.2) is 37.4 Å². The Morgan fingerprint density at radius 1 is 0.522 bits per heavy atom. The van der Waals surface area contributed by atoms with E-state index in [9.17, 15) is 25.9 Å². The number of aliphatic imine (C=N–C) groups is 2. The van der Waals surface area contributed by atoms with Gasteiger partial charge in [-0.25, -0.2) is 9.98 Å². The lowest BCUT2D eigenvalue weighted by Gasteiger charge is -2.20. The van der Waals surface area contributed by atoms with Crippen LogP contribution in [0.2, 0.25) is 0 Å². The predicted molar refractivity (Wildman–Crippen MR) is 185 cm³/mol. The highest BCUT2D eigenvalue weighted by atomic mass is 32.2. The maximum atomic E-state index is 12.3. The average molecular weight is 661 g/mol. The van der Waals surface area contributed by atoms with Gasteiger partial charge >= 0.3 is 0 Å². The lowest BCUT2D eigenvalue weighted by molar-refractivity contribution is 0.480. The standard InChI is InChI=1S/C36H40N2O6S2/c1-19(2)28-15-24(45(39,40)41)16-29(20(3)4)33(28)37-35-26-13-9-11-23-12-10-14-27(32(23)26)36(35)38-34-30(21(5)6)17-25(46(42,43)44)18-31(34)22(7)8/h9-22H,1-8H3,(H,39,40,41)(H,42,43,44). The second-order valence-corrected chi connectivity index (χ2v) is 15.9. The molecular formula is C36H40N2O6S2. The first kappa shape index (κ1) is 33.7. The van der Waals surface area contributed by atoms with Crippen LogP contribution >= 0.6 is 0 Å². The van der Waals surface area contributed by atoms with Gasteiger partial charge in [0.25, 0.3) is 20.2 Å². The van der Waals surface area contributed by atoms with Gasteiger partial charge in [-0.3, -0.25) is 9.11 Å². The van der Waals surface area contributed by atoms with Crippen molar-refractivity contribution in [3.63, 3.8) is 0 Å². The quantitative estimate of drug-likeness (QED) is 0.181. The smallest absolute Gasteiger partial charge is 0.282 e.